The molecule has 0 bridgehead atoms. The fourth-order valence-corrected chi connectivity index (χ4v) is 2.58. The van der Waals surface area contributed by atoms with E-state index in [1.54, 1.807) is 0 Å². The van der Waals surface area contributed by atoms with Crippen LogP contribution >= 0.6 is 0 Å². The molecule has 8 nitrogen and oxygen atoms in total. The number of carbonyl (C=O) groups excluding carboxylic acids is 1. The quantitative estimate of drug-likeness (QED) is 0.378. The molecule has 0 aliphatic carbocycles. The van der Waals surface area contributed by atoms with E-state index in [0.29, 0.717) is 25.5 Å². The van der Waals surface area contributed by atoms with Crippen molar-refractivity contribution >= 4 is 17.3 Å². The standard InChI is InChI=1S/C15H19F3N4O4/c16-15(17,18)9-1-3-11(12(7-9)22(24)25)20-5-6-21-14(23)13-4-2-10(8-19)26-13/h1,3,7,10,13,20H,2,4-6,8,19H2,(H,21,23)/t10-,13+/m1/s1. The molecule has 26 heavy (non-hydrogen) atoms. The summed E-state index contributed by atoms with van der Waals surface area (Å²) in [7, 11) is 0. The van der Waals surface area contributed by atoms with E-state index in [2.05, 4.69) is 10.6 Å². The number of nitrogens with zero attached hydrogens (tertiary/aromatic N) is 1. The Hall–Kier alpha value is -2.40. The molecule has 1 aliphatic heterocycles. The fourth-order valence-electron chi connectivity index (χ4n) is 2.58. The second-order valence-electron chi connectivity index (χ2n) is 5.76. The van der Waals surface area contributed by atoms with Gasteiger partial charge in [-0.1, -0.05) is 0 Å². The molecule has 2 rings (SSSR count). The van der Waals surface area contributed by atoms with Crippen molar-refractivity contribution in [3.05, 3.63) is 33.9 Å². The third-order valence-corrected chi connectivity index (χ3v) is 3.92. The molecule has 11 heteroatoms. The van der Waals surface area contributed by atoms with Crippen LogP contribution < -0.4 is 16.4 Å². The predicted molar refractivity (Wildman–Crippen MR) is 86.5 cm³/mol. The number of anilines is 1. The zero-order valence-electron chi connectivity index (χ0n) is 13.7. The number of amides is 1. The van der Waals surface area contributed by atoms with Crippen molar-refractivity contribution in [2.75, 3.05) is 25.0 Å². The minimum absolute atomic E-state index is 0.0578. The van der Waals surface area contributed by atoms with Gasteiger partial charge in [0.05, 0.1) is 16.6 Å². The molecular weight excluding hydrogens is 357 g/mol. The SMILES string of the molecule is NC[C@H]1CC[C@@H](C(=O)NCCNc2ccc(C(F)(F)F)cc2[N+](=O)[O-])O1. The largest absolute Gasteiger partial charge is 0.416 e. The van der Waals surface area contributed by atoms with Gasteiger partial charge in [0, 0.05) is 25.7 Å². The molecule has 0 spiro atoms. The molecule has 1 saturated heterocycles. The molecular formula is C15H19F3N4O4. The van der Waals surface area contributed by atoms with Crippen molar-refractivity contribution in [2.24, 2.45) is 5.73 Å². The number of nitro benzene ring substituents is 1. The molecule has 1 aromatic carbocycles. The van der Waals surface area contributed by atoms with Gasteiger partial charge >= 0.3 is 6.18 Å². The summed E-state index contributed by atoms with van der Waals surface area (Å²) >= 11 is 0. The lowest BCUT2D eigenvalue weighted by Crippen LogP contribution is -2.37. The first-order chi connectivity index (χ1) is 12.2. The maximum absolute atomic E-state index is 12.6. The normalized spacial score (nSPS) is 20.0. The van der Waals surface area contributed by atoms with E-state index in [4.69, 9.17) is 10.5 Å². The fraction of sp³-hybridized carbons (Fsp3) is 0.533. The van der Waals surface area contributed by atoms with E-state index < -0.39 is 28.5 Å². The van der Waals surface area contributed by atoms with Crippen LogP contribution in [0.5, 0.6) is 0 Å². The van der Waals surface area contributed by atoms with Crippen LogP contribution in [0, 0.1) is 10.1 Å². The number of nitrogens with two attached hydrogens (primary N) is 1. The number of benzene rings is 1. The number of hydrogen-bond donors (Lipinski definition) is 3. The number of nitro groups is 1. The summed E-state index contributed by atoms with van der Waals surface area (Å²) < 4.78 is 43.4. The van der Waals surface area contributed by atoms with Gasteiger partial charge in [0.1, 0.15) is 11.8 Å². The van der Waals surface area contributed by atoms with E-state index in [-0.39, 0.29) is 30.8 Å². The Labute approximate surface area is 147 Å². The molecule has 0 radical (unpaired) electrons. The van der Waals surface area contributed by atoms with E-state index >= 15 is 0 Å². The van der Waals surface area contributed by atoms with Crippen molar-refractivity contribution in [3.63, 3.8) is 0 Å². The lowest BCUT2D eigenvalue weighted by molar-refractivity contribution is -0.384. The van der Waals surface area contributed by atoms with Crippen molar-refractivity contribution in [2.45, 2.75) is 31.2 Å². The molecule has 144 valence electrons. The number of alkyl halides is 3. The zero-order valence-corrected chi connectivity index (χ0v) is 13.7. The number of halogens is 3. The van der Waals surface area contributed by atoms with Gasteiger partial charge in [-0.25, -0.2) is 0 Å². The van der Waals surface area contributed by atoms with E-state index in [0.717, 1.165) is 12.1 Å². The molecule has 2 atom stereocenters. The van der Waals surface area contributed by atoms with Crippen molar-refractivity contribution < 1.29 is 27.6 Å². The summed E-state index contributed by atoms with van der Waals surface area (Å²) in [4.78, 5) is 22.0. The summed E-state index contributed by atoms with van der Waals surface area (Å²) in [6, 6.07) is 2.22. The maximum Gasteiger partial charge on any atom is 0.416 e. The Morgan fingerprint density at radius 1 is 1.35 bits per heavy atom. The Kier molecular flexibility index (Phi) is 6.37. The van der Waals surface area contributed by atoms with E-state index in [9.17, 15) is 28.1 Å². The molecule has 1 fully saturated rings. The topological polar surface area (TPSA) is 120 Å². The van der Waals surface area contributed by atoms with Crippen LogP contribution in [-0.2, 0) is 15.7 Å². The highest BCUT2D eigenvalue weighted by molar-refractivity contribution is 5.81. The summed E-state index contributed by atoms with van der Waals surface area (Å²) in [6.45, 7) is 0.568. The Bertz CT molecular complexity index is 669. The third kappa shape index (κ3) is 5.05. The average Bonchev–Trinajstić information content (AvgIpc) is 3.06. The molecule has 4 N–H and O–H groups in total. The molecule has 1 aromatic rings. The first-order valence-electron chi connectivity index (χ1n) is 7.95. The third-order valence-electron chi connectivity index (χ3n) is 3.92. The number of nitrogens with one attached hydrogen (secondary N) is 2. The van der Waals surface area contributed by atoms with Gasteiger partial charge in [-0.2, -0.15) is 13.2 Å². The van der Waals surface area contributed by atoms with Crippen LogP contribution in [0.15, 0.2) is 18.2 Å². The molecule has 0 aromatic heterocycles. The lowest BCUT2D eigenvalue weighted by Gasteiger charge is -2.14. The summed E-state index contributed by atoms with van der Waals surface area (Å²) in [5.74, 6) is -0.315. The summed E-state index contributed by atoms with van der Waals surface area (Å²) in [5, 5.41) is 16.2. The second kappa shape index (κ2) is 8.32. The highest BCUT2D eigenvalue weighted by Crippen LogP contribution is 2.34. The highest BCUT2D eigenvalue weighted by atomic mass is 19.4. The van der Waals surface area contributed by atoms with Crippen LogP contribution in [0.1, 0.15) is 18.4 Å². The van der Waals surface area contributed by atoms with Gasteiger partial charge < -0.3 is 21.1 Å². The van der Waals surface area contributed by atoms with Gasteiger partial charge in [-0.05, 0) is 25.0 Å². The minimum Gasteiger partial charge on any atom is -0.378 e. The zero-order chi connectivity index (χ0) is 19.3. The number of rotatable bonds is 7. The van der Waals surface area contributed by atoms with Gasteiger partial charge in [-0.15, -0.1) is 0 Å². The number of hydrogen-bond acceptors (Lipinski definition) is 6. The Balaban J connectivity index is 1.87. The first-order valence-corrected chi connectivity index (χ1v) is 7.95. The van der Waals surface area contributed by atoms with Crippen LogP contribution in [0.4, 0.5) is 24.5 Å². The van der Waals surface area contributed by atoms with Crippen molar-refractivity contribution in [1.82, 2.24) is 5.32 Å². The molecule has 0 saturated carbocycles. The second-order valence-corrected chi connectivity index (χ2v) is 5.76. The smallest absolute Gasteiger partial charge is 0.378 e. The Morgan fingerprint density at radius 3 is 2.65 bits per heavy atom. The molecule has 1 heterocycles. The highest BCUT2D eigenvalue weighted by Gasteiger charge is 2.33. The number of ether oxygens (including phenoxy) is 1. The van der Waals surface area contributed by atoms with Crippen molar-refractivity contribution in [3.8, 4) is 0 Å². The van der Waals surface area contributed by atoms with Gasteiger partial charge in [-0.3, -0.25) is 14.9 Å². The summed E-state index contributed by atoms with van der Waals surface area (Å²) in [6.07, 6.45) is -4.13. The van der Waals surface area contributed by atoms with Crippen LogP contribution in [0.2, 0.25) is 0 Å². The van der Waals surface area contributed by atoms with Crippen LogP contribution in [0.3, 0.4) is 0 Å². The van der Waals surface area contributed by atoms with E-state index in [1.165, 1.54) is 0 Å². The molecule has 0 unspecified atom stereocenters. The van der Waals surface area contributed by atoms with E-state index in [1.807, 2.05) is 0 Å². The minimum atomic E-state index is -4.67. The molecule has 1 aliphatic rings. The molecule has 1 amide bonds. The predicted octanol–water partition coefficient (Wildman–Crippen LogP) is 1.65. The van der Waals surface area contributed by atoms with Crippen molar-refractivity contribution in [1.29, 1.82) is 0 Å². The monoisotopic (exact) mass is 376 g/mol. The average molecular weight is 376 g/mol. The van der Waals surface area contributed by atoms with Gasteiger partial charge in [0.2, 0.25) is 5.91 Å². The number of carbonyl (C=O) groups is 1. The van der Waals surface area contributed by atoms with Crippen LogP contribution in [0.25, 0.3) is 0 Å². The Morgan fingerprint density at radius 2 is 2.08 bits per heavy atom. The van der Waals surface area contributed by atoms with Gasteiger partial charge in [0.15, 0.2) is 0 Å². The lowest BCUT2D eigenvalue weighted by atomic mass is 10.1. The van der Waals surface area contributed by atoms with Gasteiger partial charge in [0.25, 0.3) is 5.69 Å². The maximum atomic E-state index is 12.6. The van der Waals surface area contributed by atoms with Crippen LogP contribution in [-0.4, -0.2) is 42.7 Å². The summed E-state index contributed by atoms with van der Waals surface area (Å²) in [5.41, 5.74) is 3.62. The first kappa shape index (κ1) is 19.9.